The van der Waals surface area contributed by atoms with Crippen molar-refractivity contribution >= 4 is 17.3 Å². The summed E-state index contributed by atoms with van der Waals surface area (Å²) in [5.74, 6) is 2.34. The fourth-order valence-electron chi connectivity index (χ4n) is 2.71. The molecule has 0 fully saturated rings. The number of nitrogens with zero attached hydrogens (tertiary/aromatic N) is 3. The van der Waals surface area contributed by atoms with E-state index in [0.717, 1.165) is 47.5 Å². The number of methoxy groups -OCH3 is 2. The zero-order valence-electron chi connectivity index (χ0n) is 16.4. The van der Waals surface area contributed by atoms with Crippen molar-refractivity contribution in [2.75, 3.05) is 34.9 Å². The number of rotatable bonds is 7. The molecule has 0 bridgehead atoms. The van der Waals surface area contributed by atoms with Gasteiger partial charge in [0.25, 0.3) is 0 Å². The van der Waals surface area contributed by atoms with E-state index in [2.05, 4.69) is 34.0 Å². The molecule has 0 aliphatic rings. The van der Waals surface area contributed by atoms with Gasteiger partial charge >= 0.3 is 0 Å². The molecule has 6 nitrogen and oxygen atoms in total. The number of hydrogen-bond acceptors (Lipinski definition) is 5. The summed E-state index contributed by atoms with van der Waals surface area (Å²) in [6.45, 7) is 5.68. The number of aliphatic imine (C=N–C) groups is 1. The molecule has 0 aliphatic carbocycles. The fraction of sp³-hybridized carbons (Fsp3) is 0.474. The Balaban J connectivity index is 1.99. The molecule has 0 aliphatic heterocycles. The Kier molecular flexibility index (Phi) is 7.26. The van der Waals surface area contributed by atoms with Crippen molar-refractivity contribution < 1.29 is 9.47 Å². The molecule has 0 saturated carbocycles. The van der Waals surface area contributed by atoms with E-state index in [-0.39, 0.29) is 0 Å². The Bertz CT molecular complexity index is 758. The molecule has 1 aromatic heterocycles. The third kappa shape index (κ3) is 5.11. The van der Waals surface area contributed by atoms with E-state index in [1.807, 2.05) is 25.4 Å². The van der Waals surface area contributed by atoms with Crippen LogP contribution in [0.4, 0.5) is 0 Å². The van der Waals surface area contributed by atoms with Gasteiger partial charge in [-0.3, -0.25) is 4.99 Å². The number of guanidine groups is 1. The lowest BCUT2D eigenvalue weighted by Gasteiger charge is -2.23. The third-order valence-corrected chi connectivity index (χ3v) is 5.09. The zero-order valence-corrected chi connectivity index (χ0v) is 17.2. The van der Waals surface area contributed by atoms with Crippen LogP contribution in [-0.2, 0) is 13.0 Å². The maximum atomic E-state index is 5.42. The minimum absolute atomic E-state index is 0.724. The van der Waals surface area contributed by atoms with Crippen LogP contribution in [0.5, 0.6) is 11.5 Å². The molecule has 1 aromatic carbocycles. The molecule has 2 aromatic rings. The normalized spacial score (nSPS) is 11.4. The summed E-state index contributed by atoms with van der Waals surface area (Å²) in [6.07, 6.45) is 2.81. The predicted molar refractivity (Wildman–Crippen MR) is 108 cm³/mol. The molecular weight excluding hydrogens is 348 g/mol. The Labute approximate surface area is 159 Å². The van der Waals surface area contributed by atoms with Crippen molar-refractivity contribution in [1.82, 2.24) is 15.2 Å². The van der Waals surface area contributed by atoms with E-state index in [4.69, 9.17) is 9.47 Å². The van der Waals surface area contributed by atoms with Crippen LogP contribution in [0.3, 0.4) is 0 Å². The van der Waals surface area contributed by atoms with Crippen LogP contribution in [0.25, 0.3) is 0 Å². The van der Waals surface area contributed by atoms with Gasteiger partial charge in [0.05, 0.1) is 19.2 Å². The first kappa shape index (κ1) is 20.0. The largest absolute Gasteiger partial charge is 0.493 e. The van der Waals surface area contributed by atoms with Crippen molar-refractivity contribution in [3.63, 3.8) is 0 Å². The topological polar surface area (TPSA) is 59.0 Å². The fourth-order valence-corrected chi connectivity index (χ4v) is 3.49. The SMILES string of the molecule is CN=C(NCCc1ncc(C)s1)N(C)Cc1cc(OC)c(OC)cc1C. The first-order valence-electron chi connectivity index (χ1n) is 8.53. The van der Waals surface area contributed by atoms with Gasteiger partial charge in [-0.05, 0) is 37.1 Å². The molecule has 26 heavy (non-hydrogen) atoms. The molecule has 142 valence electrons. The molecule has 0 unspecified atom stereocenters. The van der Waals surface area contributed by atoms with Crippen molar-refractivity contribution in [3.05, 3.63) is 39.3 Å². The molecule has 2 rings (SSSR count). The monoisotopic (exact) mass is 376 g/mol. The number of aromatic nitrogens is 1. The zero-order chi connectivity index (χ0) is 19.1. The maximum Gasteiger partial charge on any atom is 0.193 e. The van der Waals surface area contributed by atoms with Crippen LogP contribution >= 0.6 is 11.3 Å². The first-order chi connectivity index (χ1) is 12.5. The summed E-state index contributed by atoms with van der Waals surface area (Å²) in [7, 11) is 7.13. The van der Waals surface area contributed by atoms with E-state index in [0.29, 0.717) is 0 Å². The molecular formula is C19H28N4O2S. The lowest BCUT2D eigenvalue weighted by molar-refractivity contribution is 0.353. The Hall–Kier alpha value is -2.28. The number of nitrogens with one attached hydrogen (secondary N) is 1. The van der Waals surface area contributed by atoms with Crippen LogP contribution in [0, 0.1) is 13.8 Å². The summed E-state index contributed by atoms with van der Waals surface area (Å²) in [5, 5.41) is 4.55. The van der Waals surface area contributed by atoms with Gasteiger partial charge in [0, 0.05) is 44.7 Å². The Morgan fingerprint density at radius 3 is 2.50 bits per heavy atom. The van der Waals surface area contributed by atoms with E-state index in [9.17, 15) is 0 Å². The molecule has 0 amide bonds. The molecule has 0 atom stereocenters. The van der Waals surface area contributed by atoms with Gasteiger partial charge < -0.3 is 19.7 Å². The predicted octanol–water partition coefficient (Wildman–Crippen LogP) is 3.03. The number of benzene rings is 1. The number of thiazole rings is 1. The quantitative estimate of drug-likeness (QED) is 0.595. The van der Waals surface area contributed by atoms with Gasteiger partial charge in [0.1, 0.15) is 0 Å². The maximum absolute atomic E-state index is 5.42. The van der Waals surface area contributed by atoms with Crippen LogP contribution in [0.2, 0.25) is 0 Å². The van der Waals surface area contributed by atoms with Crippen molar-refractivity contribution in [3.8, 4) is 11.5 Å². The average molecular weight is 377 g/mol. The summed E-state index contributed by atoms with van der Waals surface area (Å²) in [5.41, 5.74) is 2.33. The van der Waals surface area contributed by atoms with Crippen LogP contribution < -0.4 is 14.8 Å². The molecule has 0 spiro atoms. The smallest absolute Gasteiger partial charge is 0.193 e. The molecule has 1 heterocycles. The molecule has 0 radical (unpaired) electrons. The van der Waals surface area contributed by atoms with E-state index in [1.54, 1.807) is 32.6 Å². The minimum atomic E-state index is 0.724. The standard InChI is InChI=1S/C19H28N4O2S/c1-13-9-16(24-5)17(25-6)10-15(13)12-23(4)19(20-3)21-8-7-18-22-11-14(2)26-18/h9-11H,7-8,12H2,1-6H3,(H,20,21). The van der Waals surface area contributed by atoms with Gasteiger partial charge in [-0.1, -0.05) is 0 Å². The van der Waals surface area contributed by atoms with Crippen LogP contribution in [0.15, 0.2) is 23.3 Å². The van der Waals surface area contributed by atoms with Crippen molar-refractivity contribution in [2.24, 2.45) is 4.99 Å². The Morgan fingerprint density at radius 2 is 1.92 bits per heavy atom. The number of hydrogen-bond donors (Lipinski definition) is 1. The third-order valence-electron chi connectivity index (χ3n) is 4.11. The second-order valence-corrected chi connectivity index (χ2v) is 7.40. The lowest BCUT2D eigenvalue weighted by Crippen LogP contribution is -2.39. The summed E-state index contributed by atoms with van der Waals surface area (Å²) in [4.78, 5) is 12.1. The number of ether oxygens (including phenoxy) is 2. The Morgan fingerprint density at radius 1 is 1.23 bits per heavy atom. The average Bonchev–Trinajstić information content (AvgIpc) is 3.05. The molecule has 1 N–H and O–H groups in total. The summed E-state index contributed by atoms with van der Waals surface area (Å²) >= 11 is 1.74. The highest BCUT2D eigenvalue weighted by Gasteiger charge is 2.12. The first-order valence-corrected chi connectivity index (χ1v) is 9.34. The van der Waals surface area contributed by atoms with E-state index >= 15 is 0 Å². The minimum Gasteiger partial charge on any atom is -0.493 e. The second kappa shape index (κ2) is 9.43. The van der Waals surface area contributed by atoms with E-state index < -0.39 is 0 Å². The summed E-state index contributed by atoms with van der Waals surface area (Å²) < 4.78 is 10.8. The lowest BCUT2D eigenvalue weighted by atomic mass is 10.1. The van der Waals surface area contributed by atoms with Crippen molar-refractivity contribution in [1.29, 1.82) is 0 Å². The van der Waals surface area contributed by atoms with E-state index in [1.165, 1.54) is 10.4 Å². The van der Waals surface area contributed by atoms with Gasteiger partial charge in [0.2, 0.25) is 0 Å². The van der Waals surface area contributed by atoms with Crippen LogP contribution in [0.1, 0.15) is 21.0 Å². The molecule has 7 heteroatoms. The number of aryl methyl sites for hydroxylation is 2. The van der Waals surface area contributed by atoms with Crippen LogP contribution in [-0.4, -0.2) is 50.7 Å². The summed E-state index contributed by atoms with van der Waals surface area (Å²) in [6, 6.07) is 4.03. The molecule has 0 saturated heterocycles. The van der Waals surface area contributed by atoms with Gasteiger partial charge in [0.15, 0.2) is 17.5 Å². The van der Waals surface area contributed by atoms with Crippen molar-refractivity contribution in [2.45, 2.75) is 26.8 Å². The highest BCUT2D eigenvalue weighted by Crippen LogP contribution is 2.30. The second-order valence-electron chi connectivity index (χ2n) is 6.08. The highest BCUT2D eigenvalue weighted by molar-refractivity contribution is 7.11. The van der Waals surface area contributed by atoms with Gasteiger partial charge in [-0.2, -0.15) is 0 Å². The highest BCUT2D eigenvalue weighted by atomic mass is 32.1. The van der Waals surface area contributed by atoms with Gasteiger partial charge in [-0.15, -0.1) is 11.3 Å². The van der Waals surface area contributed by atoms with Gasteiger partial charge in [-0.25, -0.2) is 4.98 Å².